The maximum Gasteiger partial charge on any atom is 0.191 e. The average molecular weight is 422 g/mol. The Hall–Kier alpha value is -2.32. The van der Waals surface area contributed by atoms with Crippen LogP contribution in [-0.4, -0.2) is 57.8 Å². The van der Waals surface area contributed by atoms with Gasteiger partial charge in [0.1, 0.15) is 5.82 Å². The lowest BCUT2D eigenvalue weighted by atomic mass is 10.3. The van der Waals surface area contributed by atoms with Gasteiger partial charge in [-0.05, 0) is 30.7 Å². The molecular formula is C19H24ClN5O2S. The van der Waals surface area contributed by atoms with Crippen molar-refractivity contribution < 1.29 is 8.42 Å². The number of benzene rings is 1. The first-order chi connectivity index (χ1) is 13.5. The highest BCUT2D eigenvalue weighted by atomic mass is 35.5. The molecule has 1 aromatic carbocycles. The van der Waals surface area contributed by atoms with Gasteiger partial charge in [0.05, 0.1) is 15.7 Å². The van der Waals surface area contributed by atoms with E-state index in [4.69, 9.17) is 11.6 Å². The molecular weight excluding hydrogens is 398 g/mol. The molecule has 1 fully saturated rings. The van der Waals surface area contributed by atoms with E-state index in [1.165, 1.54) is 0 Å². The van der Waals surface area contributed by atoms with Gasteiger partial charge < -0.3 is 15.5 Å². The Labute approximate surface area is 170 Å². The van der Waals surface area contributed by atoms with Crippen LogP contribution in [0.4, 0.5) is 5.82 Å². The smallest absolute Gasteiger partial charge is 0.191 e. The highest BCUT2D eigenvalue weighted by Crippen LogP contribution is 2.25. The van der Waals surface area contributed by atoms with E-state index in [9.17, 15) is 8.42 Å². The average Bonchev–Trinajstić information content (AvgIpc) is 3.16. The van der Waals surface area contributed by atoms with Gasteiger partial charge in [-0.15, -0.1) is 0 Å². The van der Waals surface area contributed by atoms with E-state index < -0.39 is 9.84 Å². The molecule has 0 amide bonds. The normalized spacial score (nSPS) is 17.6. The number of pyridine rings is 1. The Morgan fingerprint density at radius 2 is 2.07 bits per heavy atom. The first-order valence-corrected chi connectivity index (χ1v) is 11.1. The molecule has 1 saturated heterocycles. The van der Waals surface area contributed by atoms with Crippen LogP contribution in [0, 0.1) is 0 Å². The van der Waals surface area contributed by atoms with Crippen LogP contribution in [0.5, 0.6) is 0 Å². The SMILES string of the molecule is CN=C(NCCS(=O)(=O)c1ccccc1)NC1CCN(c2ncccc2Cl)C1. The second-order valence-corrected chi connectivity index (χ2v) is 9.03. The van der Waals surface area contributed by atoms with Crippen molar-refractivity contribution >= 4 is 33.2 Å². The standard InChI is InChI=1S/C19H24ClN5O2S/c1-21-19(23-11-13-28(26,27)16-6-3-2-4-7-16)24-15-9-12-25(14-15)18-17(20)8-5-10-22-18/h2-8,10,15H,9,11-14H2,1H3,(H2,21,23,24). The lowest BCUT2D eigenvalue weighted by Gasteiger charge is -2.20. The second-order valence-electron chi connectivity index (χ2n) is 6.52. The zero-order valence-corrected chi connectivity index (χ0v) is 17.2. The van der Waals surface area contributed by atoms with E-state index in [1.807, 2.05) is 12.1 Å². The van der Waals surface area contributed by atoms with E-state index >= 15 is 0 Å². The topological polar surface area (TPSA) is 86.7 Å². The lowest BCUT2D eigenvalue weighted by Crippen LogP contribution is -2.45. The van der Waals surface area contributed by atoms with Crippen molar-refractivity contribution in [1.82, 2.24) is 15.6 Å². The predicted molar refractivity (Wildman–Crippen MR) is 113 cm³/mol. The van der Waals surface area contributed by atoms with Crippen molar-refractivity contribution in [3.05, 3.63) is 53.7 Å². The van der Waals surface area contributed by atoms with Crippen LogP contribution < -0.4 is 15.5 Å². The van der Waals surface area contributed by atoms with Gasteiger partial charge in [0.2, 0.25) is 0 Å². The van der Waals surface area contributed by atoms with Gasteiger partial charge in [-0.25, -0.2) is 13.4 Å². The minimum absolute atomic E-state index is 0.00194. The molecule has 0 aliphatic carbocycles. The summed E-state index contributed by atoms with van der Waals surface area (Å²) < 4.78 is 24.7. The van der Waals surface area contributed by atoms with Crippen LogP contribution in [0.25, 0.3) is 0 Å². The van der Waals surface area contributed by atoms with Gasteiger partial charge >= 0.3 is 0 Å². The fraction of sp³-hybridized carbons (Fsp3) is 0.368. The Morgan fingerprint density at radius 3 is 2.79 bits per heavy atom. The molecule has 3 rings (SSSR count). The number of rotatable bonds is 6. The Bertz CT molecular complexity index is 921. The van der Waals surface area contributed by atoms with Gasteiger partial charge in [-0.3, -0.25) is 4.99 Å². The fourth-order valence-corrected chi connectivity index (χ4v) is 4.54. The monoisotopic (exact) mass is 421 g/mol. The number of nitrogens with one attached hydrogen (secondary N) is 2. The van der Waals surface area contributed by atoms with Crippen LogP contribution in [0.15, 0.2) is 58.5 Å². The summed E-state index contributed by atoms with van der Waals surface area (Å²) in [6.07, 6.45) is 2.64. The van der Waals surface area contributed by atoms with Crippen LogP contribution in [-0.2, 0) is 9.84 Å². The molecule has 9 heteroatoms. The number of aliphatic imine (C=N–C) groups is 1. The molecule has 1 aliphatic heterocycles. The summed E-state index contributed by atoms with van der Waals surface area (Å²) in [5, 5.41) is 7.07. The minimum Gasteiger partial charge on any atom is -0.355 e. The third kappa shape index (κ3) is 5.14. The molecule has 2 N–H and O–H groups in total. The van der Waals surface area contributed by atoms with E-state index in [0.717, 1.165) is 25.3 Å². The zero-order valence-electron chi connectivity index (χ0n) is 15.7. The maximum absolute atomic E-state index is 12.4. The van der Waals surface area contributed by atoms with E-state index in [1.54, 1.807) is 43.6 Å². The molecule has 1 aliphatic rings. The molecule has 1 atom stereocenters. The molecule has 0 bridgehead atoms. The number of hydrogen-bond donors (Lipinski definition) is 2. The summed E-state index contributed by atoms with van der Waals surface area (Å²) in [5.41, 5.74) is 0. The van der Waals surface area contributed by atoms with Crippen LogP contribution in [0.3, 0.4) is 0 Å². The van der Waals surface area contributed by atoms with E-state index in [-0.39, 0.29) is 18.3 Å². The Morgan fingerprint density at radius 1 is 1.29 bits per heavy atom. The molecule has 7 nitrogen and oxygen atoms in total. The van der Waals surface area contributed by atoms with Gasteiger partial charge in [0.25, 0.3) is 0 Å². The number of anilines is 1. The number of guanidine groups is 1. The van der Waals surface area contributed by atoms with Crippen molar-refractivity contribution in [3.8, 4) is 0 Å². The number of nitrogens with zero attached hydrogens (tertiary/aromatic N) is 3. The highest BCUT2D eigenvalue weighted by Gasteiger charge is 2.25. The summed E-state index contributed by atoms with van der Waals surface area (Å²) >= 11 is 6.23. The summed E-state index contributed by atoms with van der Waals surface area (Å²) in [6.45, 7) is 1.87. The molecule has 2 heterocycles. The van der Waals surface area contributed by atoms with Crippen LogP contribution in [0.2, 0.25) is 5.02 Å². The van der Waals surface area contributed by atoms with Gasteiger partial charge in [0, 0.05) is 38.9 Å². The minimum atomic E-state index is -3.32. The van der Waals surface area contributed by atoms with Crippen molar-refractivity contribution in [2.24, 2.45) is 4.99 Å². The molecule has 0 radical (unpaired) electrons. The summed E-state index contributed by atoms with van der Waals surface area (Å²) in [4.78, 5) is 11.0. The summed E-state index contributed by atoms with van der Waals surface area (Å²) in [5.74, 6) is 1.37. The molecule has 2 aromatic rings. The number of aromatic nitrogens is 1. The molecule has 150 valence electrons. The third-order valence-corrected chi connectivity index (χ3v) is 6.58. The predicted octanol–water partition coefficient (Wildman–Crippen LogP) is 1.95. The van der Waals surface area contributed by atoms with E-state index in [0.29, 0.717) is 15.9 Å². The van der Waals surface area contributed by atoms with Gasteiger partial charge in [-0.2, -0.15) is 0 Å². The number of halogens is 1. The summed E-state index contributed by atoms with van der Waals surface area (Å²) in [7, 11) is -1.65. The molecule has 1 unspecified atom stereocenters. The van der Waals surface area contributed by atoms with Crippen molar-refractivity contribution in [3.63, 3.8) is 0 Å². The van der Waals surface area contributed by atoms with Crippen molar-refractivity contribution in [1.29, 1.82) is 0 Å². The first-order valence-electron chi connectivity index (χ1n) is 9.10. The highest BCUT2D eigenvalue weighted by molar-refractivity contribution is 7.91. The second kappa shape index (κ2) is 9.25. The largest absolute Gasteiger partial charge is 0.355 e. The number of hydrogen-bond acceptors (Lipinski definition) is 5. The van der Waals surface area contributed by atoms with E-state index in [2.05, 4.69) is 25.5 Å². The first kappa shape index (κ1) is 20.4. The van der Waals surface area contributed by atoms with Gasteiger partial charge in [0.15, 0.2) is 15.8 Å². The Balaban J connectivity index is 1.50. The maximum atomic E-state index is 12.4. The number of sulfone groups is 1. The lowest BCUT2D eigenvalue weighted by molar-refractivity contribution is 0.594. The molecule has 1 aromatic heterocycles. The van der Waals surface area contributed by atoms with Crippen LogP contribution >= 0.6 is 11.6 Å². The fourth-order valence-electron chi connectivity index (χ4n) is 3.12. The quantitative estimate of drug-likeness (QED) is 0.547. The molecule has 0 saturated carbocycles. The Kier molecular flexibility index (Phi) is 6.74. The van der Waals surface area contributed by atoms with Crippen molar-refractivity contribution in [2.75, 3.05) is 37.3 Å². The third-order valence-electron chi connectivity index (χ3n) is 4.56. The zero-order chi connectivity index (χ0) is 20.0. The molecule has 0 spiro atoms. The van der Waals surface area contributed by atoms with Crippen molar-refractivity contribution in [2.45, 2.75) is 17.4 Å². The van der Waals surface area contributed by atoms with Crippen LogP contribution in [0.1, 0.15) is 6.42 Å². The molecule has 28 heavy (non-hydrogen) atoms. The summed E-state index contributed by atoms with van der Waals surface area (Å²) in [6, 6.07) is 12.3. The van der Waals surface area contributed by atoms with Gasteiger partial charge in [-0.1, -0.05) is 29.8 Å².